The molecule has 2 rings (SSSR count). The van der Waals surface area contributed by atoms with Crippen LogP contribution in [0.4, 0.5) is 0 Å². The summed E-state index contributed by atoms with van der Waals surface area (Å²) >= 11 is 9.35. The Kier molecular flexibility index (Phi) is 7.01. The summed E-state index contributed by atoms with van der Waals surface area (Å²) < 4.78 is 27.5. The number of rotatable bonds is 7. The molecule has 0 aromatic heterocycles. The van der Waals surface area contributed by atoms with E-state index in [9.17, 15) is 13.2 Å². The van der Waals surface area contributed by atoms with Crippen molar-refractivity contribution in [2.45, 2.75) is 24.3 Å². The van der Waals surface area contributed by atoms with Crippen LogP contribution in [0, 0.1) is 0 Å². The maximum Gasteiger partial charge on any atom is 0.240 e. The lowest BCUT2D eigenvalue weighted by molar-refractivity contribution is -0.121. The first-order chi connectivity index (χ1) is 11.8. The SMILES string of the molecule is CC(NC(=O)CCNS(=O)(=O)c1ccc(Br)cc1)c1ccccc1Cl. The van der Waals surface area contributed by atoms with E-state index in [1.54, 1.807) is 18.2 Å². The zero-order valence-corrected chi connectivity index (χ0v) is 16.7. The number of hydrogen-bond acceptors (Lipinski definition) is 3. The molecule has 0 heterocycles. The smallest absolute Gasteiger partial charge is 0.240 e. The number of sulfonamides is 1. The van der Waals surface area contributed by atoms with Crippen LogP contribution in [0.25, 0.3) is 0 Å². The van der Waals surface area contributed by atoms with Gasteiger partial charge in [-0.25, -0.2) is 13.1 Å². The Labute approximate surface area is 161 Å². The number of carbonyl (C=O) groups is 1. The highest BCUT2D eigenvalue weighted by Gasteiger charge is 2.15. The molecule has 1 unspecified atom stereocenters. The highest BCUT2D eigenvalue weighted by Crippen LogP contribution is 2.22. The van der Waals surface area contributed by atoms with Gasteiger partial charge in [0, 0.05) is 22.5 Å². The second kappa shape index (κ2) is 8.80. The summed E-state index contributed by atoms with van der Waals surface area (Å²) in [6.45, 7) is 1.84. The van der Waals surface area contributed by atoms with Crippen molar-refractivity contribution in [2.75, 3.05) is 6.54 Å². The predicted molar refractivity (Wildman–Crippen MR) is 102 cm³/mol. The molecule has 0 aliphatic carbocycles. The summed E-state index contributed by atoms with van der Waals surface area (Å²) in [5, 5.41) is 3.38. The van der Waals surface area contributed by atoms with Crippen LogP contribution in [-0.2, 0) is 14.8 Å². The van der Waals surface area contributed by atoms with Gasteiger partial charge >= 0.3 is 0 Å². The lowest BCUT2D eigenvalue weighted by atomic mass is 10.1. The van der Waals surface area contributed by atoms with Crippen molar-refractivity contribution in [3.8, 4) is 0 Å². The molecule has 0 bridgehead atoms. The van der Waals surface area contributed by atoms with Crippen LogP contribution < -0.4 is 10.0 Å². The van der Waals surface area contributed by atoms with Crippen LogP contribution in [0.15, 0.2) is 57.9 Å². The standard InChI is InChI=1S/C17H18BrClN2O3S/c1-12(15-4-2-3-5-16(15)19)21-17(22)10-11-20-25(23,24)14-8-6-13(18)7-9-14/h2-9,12,20H,10-11H2,1H3,(H,21,22). The minimum Gasteiger partial charge on any atom is -0.349 e. The van der Waals surface area contributed by atoms with Crippen molar-refractivity contribution in [1.82, 2.24) is 10.0 Å². The Balaban J connectivity index is 1.86. The van der Waals surface area contributed by atoms with E-state index in [-0.39, 0.29) is 29.8 Å². The first-order valence-corrected chi connectivity index (χ1v) is 10.2. The quantitative estimate of drug-likeness (QED) is 0.683. The third-order valence-corrected chi connectivity index (χ3v) is 5.87. The Morgan fingerprint density at radius 2 is 1.80 bits per heavy atom. The van der Waals surface area contributed by atoms with Crippen LogP contribution in [-0.4, -0.2) is 20.9 Å². The molecule has 25 heavy (non-hydrogen) atoms. The molecule has 134 valence electrons. The highest BCUT2D eigenvalue weighted by atomic mass is 79.9. The molecule has 0 spiro atoms. The molecule has 1 amide bonds. The van der Waals surface area contributed by atoms with E-state index in [0.717, 1.165) is 10.0 Å². The van der Waals surface area contributed by atoms with Crippen LogP contribution >= 0.6 is 27.5 Å². The fourth-order valence-corrected chi connectivity index (χ4v) is 3.81. The van der Waals surface area contributed by atoms with Crippen LogP contribution in [0.1, 0.15) is 24.9 Å². The minimum absolute atomic E-state index is 0.0134. The summed E-state index contributed by atoms with van der Waals surface area (Å²) in [5.74, 6) is -0.258. The number of nitrogens with one attached hydrogen (secondary N) is 2. The molecule has 0 aliphatic heterocycles. The second-order valence-electron chi connectivity index (χ2n) is 5.41. The van der Waals surface area contributed by atoms with Crippen molar-refractivity contribution in [1.29, 1.82) is 0 Å². The number of amides is 1. The van der Waals surface area contributed by atoms with Gasteiger partial charge in [0.2, 0.25) is 15.9 Å². The number of carbonyl (C=O) groups excluding carboxylic acids is 1. The average Bonchev–Trinajstić information content (AvgIpc) is 2.55. The van der Waals surface area contributed by atoms with E-state index in [2.05, 4.69) is 26.0 Å². The molecule has 2 N–H and O–H groups in total. The third kappa shape index (κ3) is 5.81. The fourth-order valence-electron chi connectivity index (χ4n) is 2.21. The summed E-state index contributed by atoms with van der Waals surface area (Å²) in [5.41, 5.74) is 0.813. The van der Waals surface area contributed by atoms with Crippen molar-refractivity contribution in [3.05, 3.63) is 63.6 Å². The summed E-state index contributed by atoms with van der Waals surface area (Å²) in [6, 6.07) is 13.3. The fraction of sp³-hybridized carbons (Fsp3) is 0.235. The van der Waals surface area contributed by atoms with Gasteiger partial charge < -0.3 is 5.32 Å². The molecule has 2 aromatic rings. The molecule has 0 radical (unpaired) electrons. The zero-order valence-electron chi connectivity index (χ0n) is 13.5. The average molecular weight is 446 g/mol. The molecule has 0 saturated carbocycles. The Morgan fingerprint density at radius 3 is 2.44 bits per heavy atom. The van der Waals surface area contributed by atoms with Crippen molar-refractivity contribution < 1.29 is 13.2 Å². The molecular weight excluding hydrogens is 428 g/mol. The predicted octanol–water partition coefficient (Wildman–Crippen LogP) is 3.65. The van der Waals surface area contributed by atoms with Crippen LogP contribution in [0.2, 0.25) is 5.02 Å². The van der Waals surface area contributed by atoms with Gasteiger partial charge in [0.1, 0.15) is 0 Å². The van der Waals surface area contributed by atoms with Gasteiger partial charge in [-0.2, -0.15) is 0 Å². The van der Waals surface area contributed by atoms with Crippen LogP contribution in [0.3, 0.4) is 0 Å². The van der Waals surface area contributed by atoms with E-state index in [1.807, 2.05) is 25.1 Å². The maximum atomic E-state index is 12.1. The zero-order chi connectivity index (χ0) is 18.4. The summed E-state index contributed by atoms with van der Waals surface area (Å²) in [7, 11) is -3.63. The number of benzene rings is 2. The molecule has 0 fully saturated rings. The topological polar surface area (TPSA) is 75.3 Å². The van der Waals surface area contributed by atoms with Crippen LogP contribution in [0.5, 0.6) is 0 Å². The molecule has 8 heteroatoms. The molecule has 2 aromatic carbocycles. The van der Waals surface area contributed by atoms with E-state index in [1.165, 1.54) is 12.1 Å². The highest BCUT2D eigenvalue weighted by molar-refractivity contribution is 9.10. The monoisotopic (exact) mass is 444 g/mol. The second-order valence-corrected chi connectivity index (χ2v) is 8.50. The normalized spacial score (nSPS) is 12.6. The van der Waals surface area contributed by atoms with Crippen molar-refractivity contribution in [2.24, 2.45) is 0 Å². The molecule has 0 aliphatic rings. The minimum atomic E-state index is -3.63. The number of hydrogen-bond donors (Lipinski definition) is 2. The summed E-state index contributed by atoms with van der Waals surface area (Å²) in [6.07, 6.45) is 0.0323. The van der Waals surface area contributed by atoms with E-state index in [4.69, 9.17) is 11.6 Å². The van der Waals surface area contributed by atoms with Gasteiger partial charge in [0.15, 0.2) is 0 Å². The first kappa shape index (κ1) is 19.9. The van der Waals surface area contributed by atoms with Crippen molar-refractivity contribution >= 4 is 43.5 Å². The lowest BCUT2D eigenvalue weighted by Crippen LogP contribution is -2.32. The Morgan fingerprint density at radius 1 is 1.16 bits per heavy atom. The first-order valence-electron chi connectivity index (χ1n) is 7.58. The van der Waals surface area contributed by atoms with Gasteiger partial charge in [0.05, 0.1) is 10.9 Å². The molecule has 0 saturated heterocycles. The summed E-state index contributed by atoms with van der Waals surface area (Å²) in [4.78, 5) is 12.2. The van der Waals surface area contributed by atoms with E-state index < -0.39 is 10.0 Å². The van der Waals surface area contributed by atoms with Gasteiger partial charge in [0.25, 0.3) is 0 Å². The Bertz CT molecular complexity index is 841. The van der Waals surface area contributed by atoms with Gasteiger partial charge in [-0.3, -0.25) is 4.79 Å². The van der Waals surface area contributed by atoms with Gasteiger partial charge in [-0.1, -0.05) is 45.7 Å². The number of halogens is 2. The Hall–Kier alpha value is -1.41. The van der Waals surface area contributed by atoms with E-state index >= 15 is 0 Å². The van der Waals surface area contributed by atoms with E-state index in [0.29, 0.717) is 5.02 Å². The third-order valence-electron chi connectivity index (χ3n) is 3.52. The lowest BCUT2D eigenvalue weighted by Gasteiger charge is -2.15. The molecule has 1 atom stereocenters. The van der Waals surface area contributed by atoms with Gasteiger partial charge in [-0.05, 0) is 42.8 Å². The molecule has 5 nitrogen and oxygen atoms in total. The maximum absolute atomic E-state index is 12.1. The van der Waals surface area contributed by atoms with Gasteiger partial charge in [-0.15, -0.1) is 0 Å². The van der Waals surface area contributed by atoms with Crippen molar-refractivity contribution in [3.63, 3.8) is 0 Å². The molecular formula is C17H18BrClN2O3S. The largest absolute Gasteiger partial charge is 0.349 e.